The Morgan fingerprint density at radius 1 is 1.17 bits per heavy atom. The molecule has 5 nitrogen and oxygen atoms in total. The number of nitrogens with zero attached hydrogens (tertiary/aromatic N) is 2. The molecule has 1 amide bonds. The van der Waals surface area contributed by atoms with Gasteiger partial charge in [-0.25, -0.2) is 4.99 Å². The molecule has 0 aromatic heterocycles. The standard InChI is InChI=1S/C22H22BrClN2O3S/c1-13(2)12-26-21(27)20(30-22(26)25-16-7-5-15(24)6-8-16)10-14-9-17(23)19(29-4)11-18(14)28-3/h5-11,13H,12H2,1-4H3/b20-10-,25-22?. The molecule has 1 aliphatic heterocycles. The van der Waals surface area contributed by atoms with Crippen molar-refractivity contribution in [2.75, 3.05) is 20.8 Å². The highest BCUT2D eigenvalue weighted by Gasteiger charge is 2.34. The van der Waals surface area contributed by atoms with Crippen LogP contribution in [0.2, 0.25) is 5.02 Å². The van der Waals surface area contributed by atoms with Crippen molar-refractivity contribution < 1.29 is 14.3 Å². The molecule has 8 heteroatoms. The molecular formula is C22H22BrClN2O3S. The fourth-order valence-electron chi connectivity index (χ4n) is 2.88. The molecule has 0 unspecified atom stereocenters. The quantitative estimate of drug-likeness (QED) is 0.424. The number of halogens is 2. The molecule has 30 heavy (non-hydrogen) atoms. The Balaban J connectivity index is 2.01. The Hall–Kier alpha value is -1.96. The van der Waals surface area contributed by atoms with Gasteiger partial charge in [0.15, 0.2) is 5.17 Å². The molecule has 1 fully saturated rings. The summed E-state index contributed by atoms with van der Waals surface area (Å²) in [6.07, 6.45) is 1.83. The zero-order chi connectivity index (χ0) is 21.8. The molecular weight excluding hydrogens is 488 g/mol. The van der Waals surface area contributed by atoms with Crippen LogP contribution in [0.25, 0.3) is 6.08 Å². The zero-order valence-corrected chi connectivity index (χ0v) is 20.3. The third kappa shape index (κ3) is 5.20. The van der Waals surface area contributed by atoms with Gasteiger partial charge in [0.1, 0.15) is 11.5 Å². The lowest BCUT2D eigenvalue weighted by Gasteiger charge is -2.17. The van der Waals surface area contributed by atoms with Crippen LogP contribution in [0.1, 0.15) is 19.4 Å². The molecule has 0 bridgehead atoms. The molecule has 0 aliphatic carbocycles. The van der Waals surface area contributed by atoms with E-state index in [-0.39, 0.29) is 5.91 Å². The number of hydrogen-bond donors (Lipinski definition) is 0. The third-order valence-electron chi connectivity index (χ3n) is 4.28. The lowest BCUT2D eigenvalue weighted by Crippen LogP contribution is -2.32. The van der Waals surface area contributed by atoms with Crippen LogP contribution < -0.4 is 9.47 Å². The van der Waals surface area contributed by atoms with E-state index < -0.39 is 0 Å². The van der Waals surface area contributed by atoms with Gasteiger partial charge in [0.25, 0.3) is 5.91 Å². The highest BCUT2D eigenvalue weighted by Crippen LogP contribution is 2.39. The topological polar surface area (TPSA) is 51.1 Å². The number of amides is 1. The van der Waals surface area contributed by atoms with E-state index in [1.54, 1.807) is 37.3 Å². The van der Waals surface area contributed by atoms with E-state index in [0.29, 0.717) is 39.1 Å². The minimum Gasteiger partial charge on any atom is -0.496 e. The van der Waals surface area contributed by atoms with Crippen LogP contribution in [-0.4, -0.2) is 36.7 Å². The van der Waals surface area contributed by atoms with Gasteiger partial charge in [-0.05, 0) is 70.0 Å². The summed E-state index contributed by atoms with van der Waals surface area (Å²) in [5.41, 5.74) is 1.52. The van der Waals surface area contributed by atoms with Crippen molar-refractivity contribution in [2.45, 2.75) is 13.8 Å². The number of hydrogen-bond acceptors (Lipinski definition) is 5. The van der Waals surface area contributed by atoms with Crippen molar-refractivity contribution in [2.24, 2.45) is 10.9 Å². The van der Waals surface area contributed by atoms with E-state index in [2.05, 4.69) is 34.8 Å². The Kier molecular flexibility index (Phi) is 7.50. The van der Waals surface area contributed by atoms with Gasteiger partial charge in [0.2, 0.25) is 0 Å². The van der Waals surface area contributed by atoms with Crippen molar-refractivity contribution in [3.63, 3.8) is 0 Å². The number of rotatable bonds is 6. The number of aliphatic imine (C=N–C) groups is 1. The Morgan fingerprint density at radius 2 is 1.83 bits per heavy atom. The molecule has 0 radical (unpaired) electrons. The van der Waals surface area contributed by atoms with Gasteiger partial charge in [0.05, 0.1) is 29.3 Å². The van der Waals surface area contributed by atoms with Crippen LogP contribution in [0, 0.1) is 5.92 Å². The minimum absolute atomic E-state index is 0.0737. The number of thioether (sulfide) groups is 1. The molecule has 3 rings (SSSR count). The van der Waals surface area contributed by atoms with Crippen LogP contribution in [-0.2, 0) is 4.79 Å². The highest BCUT2D eigenvalue weighted by atomic mass is 79.9. The molecule has 0 atom stereocenters. The van der Waals surface area contributed by atoms with E-state index in [0.717, 1.165) is 15.7 Å². The largest absolute Gasteiger partial charge is 0.496 e. The van der Waals surface area contributed by atoms with Crippen LogP contribution >= 0.6 is 39.3 Å². The predicted octanol–water partition coefficient (Wildman–Crippen LogP) is 6.38. The fraction of sp³-hybridized carbons (Fsp3) is 0.273. The van der Waals surface area contributed by atoms with E-state index in [1.165, 1.54) is 11.8 Å². The number of carbonyl (C=O) groups excluding carboxylic acids is 1. The SMILES string of the molecule is COc1cc(OC)c(/C=C2\SC(=Nc3ccc(Cl)cc3)N(CC(C)C)C2=O)cc1Br. The molecule has 2 aromatic rings. The maximum absolute atomic E-state index is 13.2. The van der Waals surface area contributed by atoms with E-state index in [1.807, 2.05) is 24.3 Å². The Bertz CT molecular complexity index is 1010. The van der Waals surface area contributed by atoms with E-state index in [9.17, 15) is 4.79 Å². The van der Waals surface area contributed by atoms with Crippen molar-refractivity contribution >= 4 is 62.1 Å². The summed E-state index contributed by atoms with van der Waals surface area (Å²) in [5.74, 6) is 1.50. The van der Waals surface area contributed by atoms with Crippen LogP contribution in [0.5, 0.6) is 11.5 Å². The summed E-state index contributed by atoms with van der Waals surface area (Å²) >= 11 is 10.8. The second-order valence-corrected chi connectivity index (χ2v) is 9.32. The summed E-state index contributed by atoms with van der Waals surface area (Å²) < 4.78 is 11.6. The number of benzene rings is 2. The normalized spacial score (nSPS) is 16.8. The van der Waals surface area contributed by atoms with Gasteiger partial charge in [0, 0.05) is 23.2 Å². The summed E-state index contributed by atoms with van der Waals surface area (Å²) in [6, 6.07) is 10.9. The fourth-order valence-corrected chi connectivity index (χ4v) is 4.53. The maximum atomic E-state index is 13.2. The Morgan fingerprint density at radius 3 is 2.43 bits per heavy atom. The molecule has 0 saturated carbocycles. The molecule has 1 heterocycles. The Labute approximate surface area is 194 Å². The molecule has 1 aliphatic rings. The first-order valence-corrected chi connectivity index (χ1v) is 11.3. The maximum Gasteiger partial charge on any atom is 0.266 e. The number of methoxy groups -OCH3 is 2. The van der Waals surface area contributed by atoms with Gasteiger partial charge < -0.3 is 9.47 Å². The second-order valence-electron chi connectivity index (χ2n) is 7.02. The summed E-state index contributed by atoms with van der Waals surface area (Å²) in [5, 5.41) is 1.29. The zero-order valence-electron chi connectivity index (χ0n) is 17.1. The molecule has 0 spiro atoms. The monoisotopic (exact) mass is 508 g/mol. The summed E-state index contributed by atoms with van der Waals surface area (Å²) in [7, 11) is 3.18. The van der Waals surface area contributed by atoms with Gasteiger partial charge in [-0.2, -0.15) is 0 Å². The van der Waals surface area contributed by atoms with Crippen LogP contribution in [0.15, 0.2) is 50.8 Å². The van der Waals surface area contributed by atoms with Crippen molar-refractivity contribution in [3.8, 4) is 11.5 Å². The lowest BCUT2D eigenvalue weighted by atomic mass is 10.1. The lowest BCUT2D eigenvalue weighted by molar-refractivity contribution is -0.122. The summed E-state index contributed by atoms with van der Waals surface area (Å²) in [4.78, 5) is 20.2. The third-order valence-corrected chi connectivity index (χ3v) is 6.16. The van der Waals surface area contributed by atoms with Crippen LogP contribution in [0.3, 0.4) is 0 Å². The minimum atomic E-state index is -0.0737. The highest BCUT2D eigenvalue weighted by molar-refractivity contribution is 9.10. The molecule has 158 valence electrons. The van der Waals surface area contributed by atoms with Gasteiger partial charge in [-0.1, -0.05) is 25.4 Å². The second kappa shape index (κ2) is 9.90. The molecule has 1 saturated heterocycles. The van der Waals surface area contributed by atoms with Crippen molar-refractivity contribution in [1.29, 1.82) is 0 Å². The first-order chi connectivity index (χ1) is 14.3. The van der Waals surface area contributed by atoms with E-state index in [4.69, 9.17) is 21.1 Å². The summed E-state index contributed by atoms with van der Waals surface area (Å²) in [6.45, 7) is 4.73. The number of carbonyl (C=O) groups is 1. The van der Waals surface area contributed by atoms with Crippen molar-refractivity contribution in [1.82, 2.24) is 4.90 Å². The molecule has 0 N–H and O–H groups in total. The molecule has 2 aromatic carbocycles. The smallest absolute Gasteiger partial charge is 0.266 e. The van der Waals surface area contributed by atoms with Gasteiger partial charge in [-0.3, -0.25) is 9.69 Å². The van der Waals surface area contributed by atoms with Crippen molar-refractivity contribution in [3.05, 3.63) is 56.4 Å². The average Bonchev–Trinajstić information content (AvgIpc) is 2.98. The van der Waals surface area contributed by atoms with Gasteiger partial charge >= 0.3 is 0 Å². The number of ether oxygens (including phenoxy) is 2. The first-order valence-electron chi connectivity index (χ1n) is 9.29. The predicted molar refractivity (Wildman–Crippen MR) is 128 cm³/mol. The van der Waals surface area contributed by atoms with Crippen LogP contribution in [0.4, 0.5) is 5.69 Å². The number of amidine groups is 1. The van der Waals surface area contributed by atoms with E-state index >= 15 is 0 Å². The first kappa shape index (κ1) is 22.7. The average molecular weight is 510 g/mol. The van der Waals surface area contributed by atoms with Gasteiger partial charge in [-0.15, -0.1) is 0 Å².